The Balaban J connectivity index is 1.45. The number of para-hydroxylation sites is 2. The Bertz CT molecular complexity index is 1330. The molecule has 0 saturated heterocycles. The van der Waals surface area contributed by atoms with Gasteiger partial charge in [0.2, 0.25) is 15.9 Å². The lowest BCUT2D eigenvalue weighted by molar-refractivity contribution is -0.128. The van der Waals surface area contributed by atoms with E-state index in [0.29, 0.717) is 24.4 Å². The van der Waals surface area contributed by atoms with Crippen LogP contribution in [0.4, 0.5) is 5.69 Å². The minimum atomic E-state index is -3.86. The first kappa shape index (κ1) is 25.4. The maximum atomic E-state index is 13.3. The molecule has 0 unspecified atom stereocenters. The fraction of sp³-hybridized carbons (Fsp3) is 0.259. The number of likely N-dealkylation sites (N-methyl/N-ethyl adjacent to an activating group) is 1. The number of rotatable bonds is 8. The average molecular weight is 508 g/mol. The summed E-state index contributed by atoms with van der Waals surface area (Å²) in [6.07, 6.45) is -0.251. The summed E-state index contributed by atoms with van der Waals surface area (Å²) in [7, 11) is -2.49. The maximum Gasteiger partial charge on any atom is 0.262 e. The van der Waals surface area contributed by atoms with E-state index in [9.17, 15) is 18.0 Å². The number of carbonyl (C=O) groups excluding carboxylic acids is 2. The zero-order valence-electron chi connectivity index (χ0n) is 20.3. The second-order valence-corrected chi connectivity index (χ2v) is 10.7. The van der Waals surface area contributed by atoms with E-state index < -0.39 is 22.0 Å². The van der Waals surface area contributed by atoms with Gasteiger partial charge in [-0.3, -0.25) is 9.59 Å². The first-order chi connectivity index (χ1) is 17.3. The summed E-state index contributed by atoms with van der Waals surface area (Å²) in [5.74, 6) is -0.394. The molecule has 3 aromatic rings. The molecule has 2 amide bonds. The normalized spacial score (nSPS) is 15.2. The van der Waals surface area contributed by atoms with Gasteiger partial charge in [-0.15, -0.1) is 0 Å². The highest BCUT2D eigenvalue weighted by Crippen LogP contribution is 2.33. The van der Waals surface area contributed by atoms with Gasteiger partial charge in [-0.05, 0) is 43.2 Å². The van der Waals surface area contributed by atoms with Crippen LogP contribution in [0, 0.1) is 6.92 Å². The zero-order chi connectivity index (χ0) is 25.7. The van der Waals surface area contributed by atoms with Gasteiger partial charge in [-0.25, -0.2) is 8.42 Å². The molecule has 4 rings (SSSR count). The van der Waals surface area contributed by atoms with E-state index in [0.717, 1.165) is 15.4 Å². The van der Waals surface area contributed by atoms with E-state index in [1.807, 2.05) is 37.3 Å². The minimum Gasteiger partial charge on any atom is -0.477 e. The Hall–Kier alpha value is -3.69. The molecule has 1 aliphatic heterocycles. The van der Waals surface area contributed by atoms with Gasteiger partial charge >= 0.3 is 0 Å². The minimum absolute atomic E-state index is 0.0224. The van der Waals surface area contributed by atoms with Crippen molar-refractivity contribution in [1.82, 2.24) is 9.62 Å². The van der Waals surface area contributed by atoms with Crippen LogP contribution in [-0.2, 0) is 26.0 Å². The lowest BCUT2D eigenvalue weighted by Gasteiger charge is -2.35. The van der Waals surface area contributed by atoms with Crippen molar-refractivity contribution < 1.29 is 22.7 Å². The molecular weight excluding hydrogens is 478 g/mol. The number of anilines is 1. The lowest BCUT2D eigenvalue weighted by atomic mass is 10.1. The standard InChI is InChI=1S/C27H29N3O5S/c1-20-12-14-22(15-13-20)36(33,34)29(2)19-26(31)30-18-25(35-24-11-7-6-10-23(24)30)27(32)28-17-16-21-8-4-3-5-9-21/h3-15,25H,16-19H2,1-2H3,(H,28,32)/t25-/m1/s1. The third-order valence-corrected chi connectivity index (χ3v) is 7.83. The Morgan fingerprint density at radius 1 is 1.00 bits per heavy atom. The number of sulfonamides is 1. The predicted molar refractivity (Wildman–Crippen MR) is 137 cm³/mol. The molecule has 1 N–H and O–H groups in total. The highest BCUT2D eigenvalue weighted by atomic mass is 32.2. The van der Waals surface area contributed by atoms with E-state index in [1.165, 1.54) is 24.1 Å². The number of aryl methyl sites for hydroxylation is 1. The highest BCUT2D eigenvalue weighted by Gasteiger charge is 2.35. The van der Waals surface area contributed by atoms with E-state index in [2.05, 4.69) is 5.32 Å². The Kier molecular flexibility index (Phi) is 7.71. The molecule has 36 heavy (non-hydrogen) atoms. The smallest absolute Gasteiger partial charge is 0.262 e. The summed E-state index contributed by atoms with van der Waals surface area (Å²) < 4.78 is 32.9. The molecule has 1 atom stereocenters. The SMILES string of the molecule is Cc1ccc(S(=O)(=O)N(C)CC(=O)N2C[C@H](C(=O)NCCc3ccccc3)Oc3ccccc32)cc1. The van der Waals surface area contributed by atoms with E-state index in [4.69, 9.17) is 4.74 Å². The summed E-state index contributed by atoms with van der Waals surface area (Å²) >= 11 is 0. The van der Waals surface area contributed by atoms with E-state index in [-0.39, 0.29) is 23.9 Å². The molecule has 0 aromatic heterocycles. The first-order valence-corrected chi connectivity index (χ1v) is 13.1. The van der Waals surface area contributed by atoms with Gasteiger partial charge in [-0.1, -0.05) is 60.2 Å². The molecule has 0 saturated carbocycles. The van der Waals surface area contributed by atoms with Crippen molar-refractivity contribution in [3.63, 3.8) is 0 Å². The fourth-order valence-electron chi connectivity index (χ4n) is 3.95. The summed E-state index contributed by atoms with van der Waals surface area (Å²) in [4.78, 5) is 27.7. The Morgan fingerprint density at radius 2 is 1.67 bits per heavy atom. The number of nitrogens with one attached hydrogen (secondary N) is 1. The van der Waals surface area contributed by atoms with Crippen LogP contribution in [0.15, 0.2) is 83.8 Å². The third-order valence-electron chi connectivity index (χ3n) is 6.01. The van der Waals surface area contributed by atoms with Crippen molar-refractivity contribution in [2.45, 2.75) is 24.3 Å². The summed E-state index contributed by atoms with van der Waals surface area (Å²) in [5.41, 5.74) is 2.53. The highest BCUT2D eigenvalue weighted by molar-refractivity contribution is 7.89. The number of amides is 2. The number of benzene rings is 3. The van der Waals surface area contributed by atoms with Crippen LogP contribution in [0.25, 0.3) is 0 Å². The zero-order valence-corrected chi connectivity index (χ0v) is 21.1. The van der Waals surface area contributed by atoms with Gasteiger partial charge < -0.3 is 15.0 Å². The molecule has 188 valence electrons. The van der Waals surface area contributed by atoms with Crippen LogP contribution < -0.4 is 15.0 Å². The van der Waals surface area contributed by atoms with Crippen molar-refractivity contribution in [2.75, 3.05) is 31.6 Å². The van der Waals surface area contributed by atoms with Crippen LogP contribution in [0.1, 0.15) is 11.1 Å². The van der Waals surface area contributed by atoms with E-state index in [1.54, 1.807) is 36.4 Å². The van der Waals surface area contributed by atoms with Crippen molar-refractivity contribution >= 4 is 27.5 Å². The fourth-order valence-corrected chi connectivity index (χ4v) is 5.07. The molecule has 9 heteroatoms. The van der Waals surface area contributed by atoms with Gasteiger partial charge in [0, 0.05) is 13.6 Å². The van der Waals surface area contributed by atoms with Crippen LogP contribution >= 0.6 is 0 Å². The van der Waals surface area contributed by atoms with E-state index >= 15 is 0 Å². The van der Waals surface area contributed by atoms with Gasteiger partial charge in [0.15, 0.2) is 6.10 Å². The number of carbonyl (C=O) groups is 2. The molecule has 1 heterocycles. The third kappa shape index (κ3) is 5.75. The van der Waals surface area contributed by atoms with Gasteiger partial charge in [0.25, 0.3) is 5.91 Å². The van der Waals surface area contributed by atoms with Crippen LogP contribution in [0.3, 0.4) is 0 Å². The van der Waals surface area contributed by atoms with Gasteiger partial charge in [-0.2, -0.15) is 4.31 Å². The molecule has 0 radical (unpaired) electrons. The van der Waals surface area contributed by atoms with Crippen molar-refractivity contribution in [3.05, 3.63) is 90.0 Å². The molecule has 3 aromatic carbocycles. The van der Waals surface area contributed by atoms with Gasteiger partial charge in [0.05, 0.1) is 23.7 Å². The van der Waals surface area contributed by atoms with Crippen LogP contribution in [0.2, 0.25) is 0 Å². The Labute approximate surface area is 211 Å². The quantitative estimate of drug-likeness (QED) is 0.506. The van der Waals surface area contributed by atoms with Crippen LogP contribution in [0.5, 0.6) is 5.75 Å². The van der Waals surface area contributed by atoms with Gasteiger partial charge in [0.1, 0.15) is 5.75 Å². The molecule has 0 aliphatic carbocycles. The average Bonchev–Trinajstić information content (AvgIpc) is 2.88. The number of fused-ring (bicyclic) bond motifs is 1. The molecular formula is C27H29N3O5S. The number of nitrogens with zero attached hydrogens (tertiary/aromatic N) is 2. The topological polar surface area (TPSA) is 96.0 Å². The predicted octanol–water partition coefficient (Wildman–Crippen LogP) is 2.77. The second-order valence-electron chi connectivity index (χ2n) is 8.68. The van der Waals surface area contributed by atoms with Crippen molar-refractivity contribution in [2.24, 2.45) is 0 Å². The van der Waals surface area contributed by atoms with Crippen LogP contribution in [-0.4, -0.2) is 57.3 Å². The number of ether oxygens (including phenoxy) is 1. The molecule has 0 fully saturated rings. The van der Waals surface area contributed by atoms with Crippen molar-refractivity contribution in [1.29, 1.82) is 0 Å². The first-order valence-electron chi connectivity index (χ1n) is 11.7. The Morgan fingerprint density at radius 3 is 2.39 bits per heavy atom. The molecule has 0 spiro atoms. The summed E-state index contributed by atoms with van der Waals surface area (Å²) in [5, 5.41) is 2.87. The monoisotopic (exact) mass is 507 g/mol. The maximum absolute atomic E-state index is 13.3. The second kappa shape index (κ2) is 10.9. The summed E-state index contributed by atoms with van der Waals surface area (Å²) in [6, 6.07) is 23.2. The summed E-state index contributed by atoms with van der Waals surface area (Å²) in [6.45, 7) is 1.89. The van der Waals surface area contributed by atoms with Crippen molar-refractivity contribution in [3.8, 4) is 5.75 Å². The largest absolute Gasteiger partial charge is 0.477 e. The number of hydrogen-bond donors (Lipinski definition) is 1. The number of hydrogen-bond acceptors (Lipinski definition) is 5. The molecule has 8 nitrogen and oxygen atoms in total. The molecule has 0 bridgehead atoms. The lowest BCUT2D eigenvalue weighted by Crippen LogP contribution is -2.52. The molecule has 1 aliphatic rings.